The van der Waals surface area contributed by atoms with Crippen molar-refractivity contribution in [2.45, 2.75) is 22.8 Å². The lowest BCUT2D eigenvalue weighted by molar-refractivity contribution is -0.117. The molecule has 5 aromatic carbocycles. The van der Waals surface area contributed by atoms with E-state index in [1.807, 2.05) is 0 Å². The van der Waals surface area contributed by atoms with Crippen molar-refractivity contribution in [1.82, 2.24) is 0 Å². The number of aromatic hydroxyl groups is 1. The molecule has 0 saturated carbocycles. The van der Waals surface area contributed by atoms with Gasteiger partial charge in [0, 0.05) is 16.6 Å². The Hall–Kier alpha value is -6.21. The van der Waals surface area contributed by atoms with Crippen LogP contribution in [0.15, 0.2) is 138 Å². The minimum absolute atomic E-state index is 0.182. The Bertz CT molecular complexity index is 2510. The number of hydrogen-bond donors (Lipinski definition) is 4. The molecule has 0 aromatic heterocycles. The Morgan fingerprint density at radius 1 is 0.804 bits per heavy atom. The molecule has 1 atom stereocenters. The molecule has 18 heteroatoms. The van der Waals surface area contributed by atoms with Gasteiger partial charge in [-0.1, -0.05) is 18.2 Å². The zero-order valence-electron chi connectivity index (χ0n) is 26.2. The second kappa shape index (κ2) is 13.6. The Morgan fingerprint density at radius 2 is 1.47 bits per heavy atom. The average Bonchev–Trinajstić information content (AvgIpc) is 3.38. The average molecular weight is 728 g/mol. The normalized spacial score (nSPS) is 15.2. The quantitative estimate of drug-likeness (QED) is 0.0945. The number of nitrogens with one attached hydrogen (secondary N) is 1. The van der Waals surface area contributed by atoms with Crippen molar-refractivity contribution in [2.75, 3.05) is 10.3 Å². The van der Waals surface area contributed by atoms with Crippen LogP contribution in [0.4, 0.5) is 28.4 Å². The van der Waals surface area contributed by atoms with E-state index in [-0.39, 0.29) is 32.6 Å². The summed E-state index contributed by atoms with van der Waals surface area (Å²) in [5.41, 5.74) is 1.33. The van der Waals surface area contributed by atoms with Gasteiger partial charge in [0.2, 0.25) is 0 Å². The van der Waals surface area contributed by atoms with E-state index in [4.69, 9.17) is 0 Å². The van der Waals surface area contributed by atoms with Crippen LogP contribution in [0.2, 0.25) is 0 Å². The molecule has 6 rings (SSSR count). The zero-order valence-corrected chi connectivity index (χ0v) is 27.8. The van der Waals surface area contributed by atoms with Crippen LogP contribution in [0.25, 0.3) is 10.8 Å². The Balaban J connectivity index is 1.15. The number of phenols is 1. The van der Waals surface area contributed by atoms with Crippen LogP contribution in [0.3, 0.4) is 0 Å². The first-order chi connectivity index (χ1) is 24.2. The van der Waals surface area contributed by atoms with Crippen molar-refractivity contribution in [3.8, 4) is 5.75 Å². The van der Waals surface area contributed by atoms with Crippen molar-refractivity contribution in [1.29, 1.82) is 0 Å². The number of carbonyl (C=O) groups is 2. The van der Waals surface area contributed by atoms with Crippen LogP contribution in [0.5, 0.6) is 5.75 Å². The second-order valence-corrected chi connectivity index (χ2v) is 13.8. The number of nitrogens with zero attached hydrogens (tertiary/aromatic N) is 6. The maximum absolute atomic E-state index is 13.0. The summed E-state index contributed by atoms with van der Waals surface area (Å²) in [4.78, 5) is 25.0. The molecule has 0 spiro atoms. The van der Waals surface area contributed by atoms with E-state index in [0.717, 1.165) is 23.2 Å². The van der Waals surface area contributed by atoms with Crippen molar-refractivity contribution < 1.29 is 40.6 Å². The molecule has 1 unspecified atom stereocenters. The minimum atomic E-state index is -4.84. The number of hydrogen-bond acceptors (Lipinski definition) is 12. The molecule has 1 heterocycles. The number of benzene rings is 5. The van der Waals surface area contributed by atoms with Crippen LogP contribution in [0, 0.1) is 0 Å². The molecular weight excluding hydrogens is 703 g/mol. The summed E-state index contributed by atoms with van der Waals surface area (Å²) in [5, 5.41) is 35.2. The van der Waals surface area contributed by atoms with Gasteiger partial charge < -0.3 is 10.4 Å². The van der Waals surface area contributed by atoms with Gasteiger partial charge in [0.15, 0.2) is 11.8 Å². The lowest BCUT2D eigenvalue weighted by Crippen LogP contribution is -2.29. The van der Waals surface area contributed by atoms with E-state index in [2.05, 4.69) is 30.9 Å². The first kappa shape index (κ1) is 34.6. The number of anilines is 2. The number of fused-ring (bicyclic) bond motifs is 1. The van der Waals surface area contributed by atoms with Crippen LogP contribution >= 0.6 is 0 Å². The van der Waals surface area contributed by atoms with Crippen molar-refractivity contribution in [3.63, 3.8) is 0 Å². The van der Waals surface area contributed by atoms with E-state index in [9.17, 15) is 40.6 Å². The Kier molecular flexibility index (Phi) is 9.24. The molecule has 0 saturated heterocycles. The van der Waals surface area contributed by atoms with E-state index in [1.165, 1.54) is 54.6 Å². The molecule has 5 aromatic rings. The highest BCUT2D eigenvalue weighted by molar-refractivity contribution is 7.86. The monoisotopic (exact) mass is 727 g/mol. The topological polar surface area (TPSA) is 240 Å². The molecule has 4 N–H and O–H groups in total. The number of hydrazone groups is 1. The van der Waals surface area contributed by atoms with Crippen molar-refractivity contribution >= 4 is 77.0 Å². The SMILES string of the molecule is CC1=NN(c2ccc(S(=O)(=O)O)cc2)C(=O)C1N=Nc1ccc(C(=O)Nc2ccc3c(O)c(N=Nc4ccccc4)c(S(=O)(=O)O)cc3c2)cc1. The summed E-state index contributed by atoms with van der Waals surface area (Å²) in [7, 11) is -9.25. The van der Waals surface area contributed by atoms with Gasteiger partial charge in [0.05, 0.1) is 27.7 Å². The van der Waals surface area contributed by atoms with Crippen molar-refractivity contribution in [3.05, 3.63) is 109 Å². The molecule has 1 aliphatic rings. The van der Waals surface area contributed by atoms with Gasteiger partial charge in [0.1, 0.15) is 10.6 Å². The fraction of sp³-hybridized carbons (Fsp3) is 0.0606. The van der Waals surface area contributed by atoms with Crippen LogP contribution < -0.4 is 10.3 Å². The predicted octanol–water partition coefficient (Wildman–Crippen LogP) is 6.58. The fourth-order valence-electron chi connectivity index (χ4n) is 4.97. The summed E-state index contributed by atoms with van der Waals surface area (Å²) in [6.07, 6.45) is 0. The minimum Gasteiger partial charge on any atom is -0.505 e. The van der Waals surface area contributed by atoms with Gasteiger partial charge in [0.25, 0.3) is 32.1 Å². The van der Waals surface area contributed by atoms with Gasteiger partial charge in [-0.05, 0) is 97.2 Å². The maximum Gasteiger partial charge on any atom is 0.296 e. The summed E-state index contributed by atoms with van der Waals surface area (Å²) >= 11 is 0. The van der Waals surface area contributed by atoms with E-state index in [0.29, 0.717) is 17.1 Å². The predicted molar refractivity (Wildman–Crippen MR) is 186 cm³/mol. The lowest BCUT2D eigenvalue weighted by atomic mass is 10.1. The maximum atomic E-state index is 13.0. The number of amides is 2. The number of carbonyl (C=O) groups excluding carboxylic acids is 2. The van der Waals surface area contributed by atoms with Crippen LogP contribution in [0.1, 0.15) is 17.3 Å². The molecule has 0 fully saturated rings. The third-order valence-corrected chi connectivity index (χ3v) is 9.24. The third kappa shape index (κ3) is 7.53. The van der Waals surface area contributed by atoms with E-state index < -0.39 is 54.4 Å². The van der Waals surface area contributed by atoms with Gasteiger partial charge in [-0.3, -0.25) is 18.7 Å². The molecular formula is C33H25N7O9S2. The van der Waals surface area contributed by atoms with Crippen molar-refractivity contribution in [2.24, 2.45) is 25.6 Å². The summed E-state index contributed by atoms with van der Waals surface area (Å²) in [5.74, 6) is -1.60. The van der Waals surface area contributed by atoms with Gasteiger partial charge in [-0.15, -0.1) is 5.11 Å². The lowest BCUT2D eigenvalue weighted by Gasteiger charge is -2.12. The first-order valence-electron chi connectivity index (χ1n) is 14.7. The molecule has 0 aliphatic carbocycles. The number of phenolic OH excluding ortho intramolecular Hbond substituents is 1. The van der Waals surface area contributed by atoms with E-state index in [1.54, 1.807) is 37.3 Å². The highest BCUT2D eigenvalue weighted by Gasteiger charge is 2.35. The molecule has 258 valence electrons. The number of rotatable bonds is 9. The Morgan fingerprint density at radius 3 is 2.12 bits per heavy atom. The van der Waals surface area contributed by atoms with Gasteiger partial charge in [-0.2, -0.15) is 42.3 Å². The molecule has 0 radical (unpaired) electrons. The molecule has 51 heavy (non-hydrogen) atoms. The Labute approximate surface area is 290 Å². The first-order valence-corrected chi connectivity index (χ1v) is 17.6. The van der Waals surface area contributed by atoms with E-state index >= 15 is 0 Å². The molecule has 16 nitrogen and oxygen atoms in total. The summed E-state index contributed by atoms with van der Waals surface area (Å²) < 4.78 is 66.1. The fourth-order valence-corrected chi connectivity index (χ4v) is 6.10. The summed E-state index contributed by atoms with van der Waals surface area (Å²) in [6, 6.07) is 23.6. The second-order valence-electron chi connectivity index (χ2n) is 11.0. The van der Waals surface area contributed by atoms with Crippen LogP contribution in [-0.2, 0) is 25.0 Å². The molecule has 2 amide bonds. The van der Waals surface area contributed by atoms with Gasteiger partial charge >= 0.3 is 0 Å². The zero-order chi connectivity index (χ0) is 36.5. The largest absolute Gasteiger partial charge is 0.505 e. The highest BCUT2D eigenvalue weighted by Crippen LogP contribution is 2.42. The molecule has 0 bridgehead atoms. The molecule has 1 aliphatic heterocycles. The van der Waals surface area contributed by atoms with Crippen LogP contribution in [-0.4, -0.2) is 54.6 Å². The van der Waals surface area contributed by atoms with Gasteiger partial charge in [-0.25, -0.2) is 0 Å². The highest BCUT2D eigenvalue weighted by atomic mass is 32.2. The standard InChI is InChI=1S/C33H25N7O9S2/c1-19-29(33(43)40(39-19)25-12-14-26(15-13-25)50(44,45)46)37-36-23-9-7-20(8-10-23)32(42)34-24-11-16-27-21(17-24)18-28(51(47,48)49)30(31(27)41)38-35-22-5-3-2-4-6-22/h2-18,29,41H,1H3,(H,34,42)(H,44,45,46)(H,47,48,49). The summed E-state index contributed by atoms with van der Waals surface area (Å²) in [6.45, 7) is 1.58. The third-order valence-electron chi connectivity index (χ3n) is 7.50. The smallest absolute Gasteiger partial charge is 0.296 e. The number of azo groups is 2.